The molecular weight excluding hydrogens is 338 g/mol. The van der Waals surface area contributed by atoms with Gasteiger partial charge in [0.05, 0.1) is 0 Å². The number of H-pyrrole nitrogens is 1. The summed E-state index contributed by atoms with van der Waals surface area (Å²) in [7, 11) is 0. The van der Waals surface area contributed by atoms with Crippen LogP contribution in [0.15, 0.2) is 47.4 Å². The van der Waals surface area contributed by atoms with Gasteiger partial charge in [0.1, 0.15) is 12.1 Å². The zero-order valence-electron chi connectivity index (χ0n) is 13.4. The van der Waals surface area contributed by atoms with Gasteiger partial charge in [0, 0.05) is 22.6 Å². The Morgan fingerprint density at radius 1 is 1.24 bits per heavy atom. The highest BCUT2D eigenvalue weighted by Crippen LogP contribution is 2.25. The van der Waals surface area contributed by atoms with E-state index in [9.17, 15) is 14.7 Å². The predicted octanol–water partition coefficient (Wildman–Crippen LogP) is 3.44. The minimum Gasteiger partial charge on any atom is -0.507 e. The van der Waals surface area contributed by atoms with Gasteiger partial charge in [0.2, 0.25) is 5.78 Å². The zero-order valence-corrected chi connectivity index (χ0v) is 14.2. The van der Waals surface area contributed by atoms with Crippen LogP contribution < -0.4 is 0 Å². The van der Waals surface area contributed by atoms with E-state index in [4.69, 9.17) is 0 Å². The molecule has 3 rings (SSSR count). The zero-order chi connectivity index (χ0) is 17.8. The number of rotatable bonds is 6. The molecule has 0 aliphatic rings. The Morgan fingerprint density at radius 3 is 2.64 bits per heavy atom. The Kier molecular flexibility index (Phi) is 4.85. The molecule has 0 aliphatic heterocycles. The lowest BCUT2D eigenvalue weighted by Crippen LogP contribution is -2.00. The van der Waals surface area contributed by atoms with E-state index < -0.39 is 5.78 Å². The molecule has 0 saturated heterocycles. The molecule has 0 radical (unpaired) electrons. The molecule has 3 aromatic rings. The van der Waals surface area contributed by atoms with Gasteiger partial charge in [-0.15, -0.1) is 0 Å². The van der Waals surface area contributed by atoms with E-state index in [-0.39, 0.29) is 17.4 Å². The molecule has 126 valence electrons. The van der Waals surface area contributed by atoms with Crippen molar-refractivity contribution in [2.75, 3.05) is 0 Å². The number of nitrogens with zero attached hydrogens (tertiary/aromatic N) is 2. The summed E-state index contributed by atoms with van der Waals surface area (Å²) in [6.45, 7) is 1.53. The Labute approximate surface area is 147 Å². The lowest BCUT2D eigenvalue weighted by molar-refractivity contribution is 0.101. The molecule has 2 aromatic heterocycles. The minimum absolute atomic E-state index is 0.0225. The maximum Gasteiger partial charge on any atom is 0.226 e. The third-order valence-corrected chi connectivity index (χ3v) is 4.48. The number of carbonyl (C=O) groups excluding carboxylic acids is 2. The van der Waals surface area contributed by atoms with E-state index in [0.29, 0.717) is 17.5 Å². The van der Waals surface area contributed by atoms with E-state index >= 15 is 0 Å². The van der Waals surface area contributed by atoms with Crippen LogP contribution in [0.1, 0.15) is 44.6 Å². The van der Waals surface area contributed by atoms with Crippen molar-refractivity contribution in [1.29, 1.82) is 0 Å². The number of aromatic nitrogens is 3. The third kappa shape index (κ3) is 3.89. The Balaban J connectivity index is 1.80. The fourth-order valence-electron chi connectivity index (χ4n) is 2.36. The first-order valence-electron chi connectivity index (χ1n) is 7.50. The lowest BCUT2D eigenvalue weighted by Gasteiger charge is -2.05. The summed E-state index contributed by atoms with van der Waals surface area (Å²) >= 11 is 1.44. The van der Waals surface area contributed by atoms with Crippen LogP contribution in [0.4, 0.5) is 0 Å². The number of carbonyl (C=O) groups is 2. The summed E-state index contributed by atoms with van der Waals surface area (Å²) < 4.78 is 0. The van der Waals surface area contributed by atoms with E-state index in [0.717, 1.165) is 17.2 Å². The Hall–Kier alpha value is -3.06. The van der Waals surface area contributed by atoms with Crippen LogP contribution in [0, 0.1) is 0 Å². The second kappa shape index (κ2) is 7.23. The first-order chi connectivity index (χ1) is 12.0. The van der Waals surface area contributed by atoms with Crippen molar-refractivity contribution < 1.29 is 14.7 Å². The number of hydrogen-bond acceptors (Lipinski definition) is 6. The highest BCUT2D eigenvalue weighted by atomic mass is 32.1. The average molecular weight is 353 g/mol. The molecule has 0 amide bonds. The van der Waals surface area contributed by atoms with Gasteiger partial charge in [0.25, 0.3) is 0 Å². The molecule has 0 saturated carbocycles. The number of aromatic amines is 1. The molecule has 0 unspecified atom stereocenters. The Morgan fingerprint density at radius 2 is 2.00 bits per heavy atom. The second-order valence-electron chi connectivity index (χ2n) is 5.47. The summed E-state index contributed by atoms with van der Waals surface area (Å²) in [5.74, 6) is -0.464. The standard InChI is InChI=1S/C18H15N3O3S/c1-11(22)13-4-2-12(3-5-13)6-14-8-25-9-15(14)16(23)7-17(24)18-19-10-20-21-18/h2-5,7-10,23H,6H2,1H3,(H,19,20,21). The molecule has 2 N–H and O–H groups in total. The highest BCUT2D eigenvalue weighted by Gasteiger charge is 2.13. The van der Waals surface area contributed by atoms with E-state index in [1.54, 1.807) is 17.5 Å². The van der Waals surface area contributed by atoms with Crippen LogP contribution >= 0.6 is 11.3 Å². The van der Waals surface area contributed by atoms with Crippen molar-refractivity contribution in [1.82, 2.24) is 15.2 Å². The summed E-state index contributed by atoms with van der Waals surface area (Å²) in [5.41, 5.74) is 3.18. The van der Waals surface area contributed by atoms with Crippen molar-refractivity contribution in [2.24, 2.45) is 0 Å². The first kappa shape index (κ1) is 16.8. The van der Waals surface area contributed by atoms with Gasteiger partial charge in [-0.25, -0.2) is 4.98 Å². The smallest absolute Gasteiger partial charge is 0.226 e. The molecule has 6 nitrogen and oxygen atoms in total. The van der Waals surface area contributed by atoms with Crippen LogP contribution in [0.25, 0.3) is 5.76 Å². The number of aliphatic hydroxyl groups is 1. The second-order valence-corrected chi connectivity index (χ2v) is 6.21. The summed E-state index contributed by atoms with van der Waals surface area (Å²) in [6.07, 6.45) is 2.95. The number of ketones is 2. The van der Waals surface area contributed by atoms with Gasteiger partial charge < -0.3 is 5.11 Å². The largest absolute Gasteiger partial charge is 0.507 e. The fourth-order valence-corrected chi connectivity index (χ4v) is 3.21. The number of thiophene rings is 1. The van der Waals surface area contributed by atoms with E-state index in [1.165, 1.54) is 24.6 Å². The van der Waals surface area contributed by atoms with Gasteiger partial charge in [0.15, 0.2) is 11.6 Å². The summed E-state index contributed by atoms with van der Waals surface area (Å²) in [5, 5.41) is 20.1. The van der Waals surface area contributed by atoms with Crippen LogP contribution in [0.2, 0.25) is 0 Å². The molecule has 0 aliphatic carbocycles. The number of aliphatic hydroxyl groups excluding tert-OH is 1. The van der Waals surface area contributed by atoms with Crippen molar-refractivity contribution >= 4 is 28.7 Å². The molecule has 0 bridgehead atoms. The molecule has 25 heavy (non-hydrogen) atoms. The van der Waals surface area contributed by atoms with Crippen LogP contribution in [-0.4, -0.2) is 31.9 Å². The van der Waals surface area contributed by atoms with Crippen LogP contribution in [0.5, 0.6) is 0 Å². The SMILES string of the molecule is CC(=O)c1ccc(Cc2cscc2C(O)=CC(=O)c2ncn[nH]2)cc1. The van der Waals surface area contributed by atoms with Crippen molar-refractivity contribution in [3.05, 3.63) is 75.5 Å². The van der Waals surface area contributed by atoms with Crippen molar-refractivity contribution in [2.45, 2.75) is 13.3 Å². The lowest BCUT2D eigenvalue weighted by atomic mass is 10.0. The predicted molar refractivity (Wildman–Crippen MR) is 94.9 cm³/mol. The van der Waals surface area contributed by atoms with Gasteiger partial charge >= 0.3 is 0 Å². The topological polar surface area (TPSA) is 95.9 Å². The van der Waals surface area contributed by atoms with Crippen LogP contribution in [0.3, 0.4) is 0 Å². The molecule has 7 heteroatoms. The summed E-state index contributed by atoms with van der Waals surface area (Å²) in [4.78, 5) is 27.1. The summed E-state index contributed by atoms with van der Waals surface area (Å²) in [6, 6.07) is 7.34. The van der Waals surface area contributed by atoms with E-state index in [2.05, 4.69) is 15.2 Å². The number of nitrogens with one attached hydrogen (secondary N) is 1. The number of allylic oxidation sites excluding steroid dienone is 1. The molecule has 1 aromatic carbocycles. The third-order valence-electron chi connectivity index (χ3n) is 3.69. The minimum atomic E-state index is -0.446. The number of benzene rings is 1. The highest BCUT2D eigenvalue weighted by molar-refractivity contribution is 7.08. The molecule has 0 atom stereocenters. The Bertz CT molecular complexity index is 925. The first-order valence-corrected chi connectivity index (χ1v) is 8.44. The average Bonchev–Trinajstić information content (AvgIpc) is 3.27. The quantitative estimate of drug-likeness (QED) is 0.402. The van der Waals surface area contributed by atoms with Gasteiger partial charge in [-0.2, -0.15) is 16.4 Å². The fraction of sp³-hybridized carbons (Fsp3) is 0.111. The van der Waals surface area contributed by atoms with Crippen molar-refractivity contribution in [3.8, 4) is 0 Å². The monoisotopic (exact) mass is 353 g/mol. The van der Waals surface area contributed by atoms with Gasteiger partial charge in [-0.1, -0.05) is 24.3 Å². The van der Waals surface area contributed by atoms with Gasteiger partial charge in [-0.05, 0) is 29.9 Å². The maximum absolute atomic E-state index is 12.0. The van der Waals surface area contributed by atoms with E-state index in [1.807, 2.05) is 17.5 Å². The van der Waals surface area contributed by atoms with Crippen LogP contribution in [-0.2, 0) is 6.42 Å². The normalized spacial score (nSPS) is 11.5. The number of Topliss-reactive ketones (excluding diaryl/α,β-unsaturated/α-hetero) is 1. The number of hydrogen-bond donors (Lipinski definition) is 2. The van der Waals surface area contributed by atoms with Gasteiger partial charge in [-0.3, -0.25) is 14.7 Å². The van der Waals surface area contributed by atoms with Crippen molar-refractivity contribution in [3.63, 3.8) is 0 Å². The molecule has 0 spiro atoms. The maximum atomic E-state index is 12.0. The molecular formula is C18H15N3O3S. The molecule has 0 fully saturated rings. The molecule has 2 heterocycles.